The van der Waals surface area contributed by atoms with Crippen LogP contribution in [-0.4, -0.2) is 4.21 Å². The molecule has 0 saturated heterocycles. The highest BCUT2D eigenvalue weighted by molar-refractivity contribution is 9.10. The van der Waals surface area contributed by atoms with E-state index in [1.54, 1.807) is 18.2 Å². The van der Waals surface area contributed by atoms with Gasteiger partial charge in [0.15, 0.2) is 0 Å². The minimum Gasteiger partial charge on any atom is -0.398 e. The summed E-state index contributed by atoms with van der Waals surface area (Å²) >= 11 is 3.28. The number of halogens is 2. The van der Waals surface area contributed by atoms with E-state index in [1.165, 1.54) is 12.1 Å². The molecule has 3 nitrogen and oxygen atoms in total. The second-order valence-electron chi connectivity index (χ2n) is 4.09. The van der Waals surface area contributed by atoms with Crippen LogP contribution in [0.1, 0.15) is 11.1 Å². The third kappa shape index (κ3) is 3.24. The molecule has 0 heterocycles. The molecule has 0 aliphatic rings. The normalized spacial score (nSPS) is 11.8. The van der Waals surface area contributed by atoms with Crippen LogP contribution in [0.5, 0.6) is 0 Å². The molecule has 0 fully saturated rings. The fraction of sp³-hybridized carbons (Fsp3) is 0.0714. The Balaban J connectivity index is 2.28. The van der Waals surface area contributed by atoms with E-state index >= 15 is 0 Å². The summed E-state index contributed by atoms with van der Waals surface area (Å²) in [5.74, 6) is -0.524. The molecule has 0 bridgehead atoms. The van der Waals surface area contributed by atoms with Gasteiger partial charge >= 0.3 is 0 Å². The Morgan fingerprint density at radius 2 is 2.05 bits per heavy atom. The number of nitriles is 1. The van der Waals surface area contributed by atoms with Gasteiger partial charge in [-0.3, -0.25) is 4.21 Å². The molecule has 0 saturated carbocycles. The summed E-state index contributed by atoms with van der Waals surface area (Å²) in [6.07, 6.45) is 0. The highest BCUT2D eigenvalue weighted by Crippen LogP contribution is 2.24. The molecule has 6 heteroatoms. The summed E-state index contributed by atoms with van der Waals surface area (Å²) in [7, 11) is -1.45. The van der Waals surface area contributed by atoms with E-state index in [0.29, 0.717) is 16.1 Å². The minimum atomic E-state index is -1.45. The van der Waals surface area contributed by atoms with Crippen molar-refractivity contribution < 1.29 is 8.60 Å². The summed E-state index contributed by atoms with van der Waals surface area (Å²) in [6.45, 7) is 0. The average Bonchev–Trinajstić information content (AvgIpc) is 2.43. The third-order valence-electron chi connectivity index (χ3n) is 2.69. The van der Waals surface area contributed by atoms with Gasteiger partial charge in [-0.15, -0.1) is 0 Å². The van der Waals surface area contributed by atoms with Crippen molar-refractivity contribution in [1.82, 2.24) is 0 Å². The quantitative estimate of drug-likeness (QED) is 0.861. The fourth-order valence-electron chi connectivity index (χ4n) is 1.66. The Morgan fingerprint density at radius 3 is 2.70 bits per heavy atom. The molecule has 0 spiro atoms. The fourth-order valence-corrected chi connectivity index (χ4v) is 3.43. The first-order valence-corrected chi connectivity index (χ1v) is 7.74. The van der Waals surface area contributed by atoms with E-state index in [9.17, 15) is 8.60 Å². The predicted molar refractivity (Wildman–Crippen MR) is 79.8 cm³/mol. The first-order chi connectivity index (χ1) is 9.51. The van der Waals surface area contributed by atoms with Crippen molar-refractivity contribution in [1.29, 1.82) is 5.26 Å². The van der Waals surface area contributed by atoms with Gasteiger partial charge in [-0.1, -0.05) is 22.0 Å². The molecule has 0 aliphatic carbocycles. The van der Waals surface area contributed by atoms with Crippen LogP contribution >= 0.6 is 15.9 Å². The van der Waals surface area contributed by atoms with E-state index in [-0.39, 0.29) is 11.3 Å². The lowest BCUT2D eigenvalue weighted by atomic mass is 10.1. The van der Waals surface area contributed by atoms with Crippen LogP contribution in [0.4, 0.5) is 10.1 Å². The molecule has 1 atom stereocenters. The van der Waals surface area contributed by atoms with E-state index in [2.05, 4.69) is 15.9 Å². The Morgan fingerprint density at radius 1 is 1.30 bits per heavy atom. The van der Waals surface area contributed by atoms with Gasteiger partial charge in [0.25, 0.3) is 0 Å². The maximum atomic E-state index is 13.8. The van der Waals surface area contributed by atoms with Crippen LogP contribution < -0.4 is 5.73 Å². The van der Waals surface area contributed by atoms with Gasteiger partial charge in [0, 0.05) is 15.7 Å². The molecule has 0 radical (unpaired) electrons. The monoisotopic (exact) mass is 352 g/mol. The zero-order valence-electron chi connectivity index (χ0n) is 10.3. The molecular formula is C14H10BrFN2OS. The van der Waals surface area contributed by atoms with Gasteiger partial charge in [-0.2, -0.15) is 5.26 Å². The molecule has 20 heavy (non-hydrogen) atoms. The van der Waals surface area contributed by atoms with E-state index < -0.39 is 16.6 Å². The average molecular weight is 353 g/mol. The Hall–Kier alpha value is -1.71. The molecular weight excluding hydrogens is 343 g/mol. The highest BCUT2D eigenvalue weighted by atomic mass is 79.9. The largest absolute Gasteiger partial charge is 0.398 e. The van der Waals surface area contributed by atoms with Crippen LogP contribution in [0.2, 0.25) is 0 Å². The van der Waals surface area contributed by atoms with Crippen molar-refractivity contribution in [2.75, 3.05) is 5.73 Å². The van der Waals surface area contributed by atoms with Crippen molar-refractivity contribution >= 4 is 32.4 Å². The van der Waals surface area contributed by atoms with Crippen molar-refractivity contribution in [2.45, 2.75) is 10.6 Å². The second-order valence-corrected chi connectivity index (χ2v) is 6.43. The Labute approximate surface area is 126 Å². The van der Waals surface area contributed by atoms with Crippen LogP contribution in [0, 0.1) is 17.1 Å². The minimum absolute atomic E-state index is 0.0121. The second kappa shape index (κ2) is 6.16. The molecule has 0 aromatic heterocycles. The van der Waals surface area contributed by atoms with E-state index in [4.69, 9.17) is 11.0 Å². The standard InChI is InChI=1S/C14H10BrFN2OS/c15-11-3-4-13(18)14(6-11)20(19)8-10-2-1-9(7-17)5-12(10)16/h1-6H,8,18H2. The van der Waals surface area contributed by atoms with Gasteiger partial charge in [0.2, 0.25) is 0 Å². The van der Waals surface area contributed by atoms with Crippen LogP contribution in [0.25, 0.3) is 0 Å². The maximum absolute atomic E-state index is 13.8. The van der Waals surface area contributed by atoms with Crippen molar-refractivity contribution in [2.24, 2.45) is 0 Å². The van der Waals surface area contributed by atoms with E-state index in [0.717, 1.165) is 10.5 Å². The van der Waals surface area contributed by atoms with Crippen molar-refractivity contribution in [3.63, 3.8) is 0 Å². The van der Waals surface area contributed by atoms with Gasteiger partial charge in [0.1, 0.15) is 5.82 Å². The molecule has 0 aliphatic heterocycles. The number of nitrogens with two attached hydrogens (primary N) is 1. The SMILES string of the molecule is N#Cc1ccc(CS(=O)c2cc(Br)ccc2N)c(F)c1. The predicted octanol–water partition coefficient (Wildman–Crippen LogP) is 3.35. The maximum Gasteiger partial charge on any atom is 0.128 e. The third-order valence-corrected chi connectivity index (χ3v) is 4.60. The first kappa shape index (κ1) is 14.7. The molecule has 102 valence electrons. The molecule has 0 amide bonds. The first-order valence-electron chi connectivity index (χ1n) is 5.63. The summed E-state index contributed by atoms with van der Waals surface area (Å²) in [5, 5.41) is 8.68. The zero-order valence-corrected chi connectivity index (χ0v) is 12.7. The molecule has 2 rings (SSSR count). The van der Waals surface area contributed by atoms with Crippen molar-refractivity contribution in [3.05, 3.63) is 57.8 Å². The van der Waals surface area contributed by atoms with E-state index in [1.807, 2.05) is 6.07 Å². The Bertz CT molecular complexity index is 728. The lowest BCUT2D eigenvalue weighted by Gasteiger charge is -2.07. The molecule has 2 N–H and O–H groups in total. The van der Waals surface area contributed by atoms with Crippen LogP contribution in [0.15, 0.2) is 45.8 Å². The lowest BCUT2D eigenvalue weighted by molar-refractivity contribution is 0.614. The van der Waals surface area contributed by atoms with Gasteiger partial charge < -0.3 is 5.73 Å². The lowest BCUT2D eigenvalue weighted by Crippen LogP contribution is -2.02. The number of rotatable bonds is 3. The number of benzene rings is 2. The van der Waals surface area contributed by atoms with Gasteiger partial charge in [-0.05, 0) is 30.3 Å². The number of nitrogen functional groups attached to an aromatic ring is 1. The number of hydrogen-bond donors (Lipinski definition) is 1. The number of hydrogen-bond acceptors (Lipinski definition) is 3. The summed E-state index contributed by atoms with van der Waals surface area (Å²) in [6, 6.07) is 11.0. The summed E-state index contributed by atoms with van der Waals surface area (Å²) in [5.41, 5.74) is 6.71. The van der Waals surface area contributed by atoms with Gasteiger partial charge in [-0.25, -0.2) is 4.39 Å². The molecule has 1 unspecified atom stereocenters. The highest BCUT2D eigenvalue weighted by Gasteiger charge is 2.12. The van der Waals surface area contributed by atoms with Gasteiger partial charge in [0.05, 0.1) is 33.1 Å². The molecule has 2 aromatic rings. The Kier molecular flexibility index (Phi) is 4.53. The zero-order chi connectivity index (χ0) is 14.7. The topological polar surface area (TPSA) is 66.9 Å². The number of nitrogens with zero attached hydrogens (tertiary/aromatic N) is 1. The number of anilines is 1. The van der Waals surface area contributed by atoms with Crippen LogP contribution in [0.3, 0.4) is 0 Å². The molecule has 2 aromatic carbocycles. The summed E-state index contributed by atoms with van der Waals surface area (Å²) < 4.78 is 26.8. The van der Waals surface area contributed by atoms with Crippen LogP contribution in [-0.2, 0) is 16.6 Å². The summed E-state index contributed by atoms with van der Waals surface area (Å²) in [4.78, 5) is 0.461. The smallest absolute Gasteiger partial charge is 0.128 e. The van der Waals surface area contributed by atoms with Crippen molar-refractivity contribution in [3.8, 4) is 6.07 Å².